The number of aliphatic hydroxyl groups excluding tert-OH is 1. The van der Waals surface area contributed by atoms with Gasteiger partial charge in [0.25, 0.3) is 0 Å². The van der Waals surface area contributed by atoms with E-state index in [1.807, 2.05) is 6.92 Å². The van der Waals surface area contributed by atoms with Crippen molar-refractivity contribution < 1.29 is 13.5 Å². The van der Waals surface area contributed by atoms with Crippen LogP contribution in [0.1, 0.15) is 38.3 Å². The Morgan fingerprint density at radius 1 is 1.32 bits per heavy atom. The van der Waals surface area contributed by atoms with Gasteiger partial charge in [-0.05, 0) is 37.5 Å². The van der Waals surface area contributed by atoms with E-state index in [1.54, 1.807) is 12.1 Å². The minimum Gasteiger partial charge on any atom is -0.396 e. The van der Waals surface area contributed by atoms with Crippen LogP contribution in [0.2, 0.25) is 0 Å². The van der Waals surface area contributed by atoms with Crippen LogP contribution in [0.4, 0.5) is 0 Å². The van der Waals surface area contributed by atoms with E-state index in [1.165, 1.54) is 12.1 Å². The molecule has 108 valence electrons. The van der Waals surface area contributed by atoms with Gasteiger partial charge in [-0.3, -0.25) is 0 Å². The molecule has 0 fully saturated rings. The Bertz CT molecular complexity index is 485. The zero-order valence-electron chi connectivity index (χ0n) is 11.3. The van der Waals surface area contributed by atoms with Gasteiger partial charge in [0.2, 0.25) is 10.0 Å². The Labute approximate surface area is 114 Å². The number of primary sulfonamides is 1. The lowest BCUT2D eigenvalue weighted by Crippen LogP contribution is -2.31. The summed E-state index contributed by atoms with van der Waals surface area (Å²) in [5.41, 5.74) is 0.990. The summed E-state index contributed by atoms with van der Waals surface area (Å²) in [5, 5.41) is 17.4. The molecule has 1 rings (SSSR count). The van der Waals surface area contributed by atoms with Gasteiger partial charge in [-0.1, -0.05) is 19.1 Å². The van der Waals surface area contributed by atoms with Gasteiger partial charge >= 0.3 is 0 Å². The summed E-state index contributed by atoms with van der Waals surface area (Å²) in [7, 11) is -3.64. The average Bonchev–Trinajstić information content (AvgIpc) is 2.37. The second-order valence-corrected chi connectivity index (χ2v) is 6.18. The van der Waals surface area contributed by atoms with Crippen LogP contribution >= 0.6 is 0 Å². The summed E-state index contributed by atoms with van der Waals surface area (Å²) in [5.74, 6) is 0. The molecule has 1 aromatic rings. The number of nitrogens with two attached hydrogens (primary N) is 1. The van der Waals surface area contributed by atoms with Crippen molar-refractivity contribution in [2.24, 2.45) is 5.14 Å². The Hall–Kier alpha value is -0.950. The van der Waals surface area contributed by atoms with Gasteiger partial charge in [0.05, 0.1) is 4.90 Å². The molecule has 0 spiro atoms. The molecule has 6 heteroatoms. The predicted octanol–water partition coefficient (Wildman–Crippen LogP) is 1.15. The third kappa shape index (κ3) is 4.91. The Morgan fingerprint density at radius 3 is 2.32 bits per heavy atom. The van der Waals surface area contributed by atoms with Crippen LogP contribution in [0, 0.1) is 0 Å². The maximum Gasteiger partial charge on any atom is 0.238 e. The molecule has 0 aliphatic heterocycles. The molecule has 0 heterocycles. The molecular formula is C13H22N2O3S. The second-order valence-electron chi connectivity index (χ2n) is 4.62. The smallest absolute Gasteiger partial charge is 0.238 e. The van der Waals surface area contributed by atoms with E-state index in [-0.39, 0.29) is 23.6 Å². The van der Waals surface area contributed by atoms with Gasteiger partial charge in [-0.15, -0.1) is 0 Å². The van der Waals surface area contributed by atoms with E-state index in [0.717, 1.165) is 12.0 Å². The molecule has 0 aromatic heterocycles. The molecule has 4 N–H and O–H groups in total. The number of rotatable bonds is 7. The number of benzene rings is 1. The first kappa shape index (κ1) is 16.1. The zero-order valence-corrected chi connectivity index (χ0v) is 12.2. The first-order valence-corrected chi connectivity index (χ1v) is 7.92. The number of aliphatic hydroxyl groups is 1. The Balaban J connectivity index is 2.75. The van der Waals surface area contributed by atoms with Crippen molar-refractivity contribution in [2.45, 2.75) is 43.7 Å². The topological polar surface area (TPSA) is 92.4 Å². The highest BCUT2D eigenvalue weighted by Gasteiger charge is 2.13. The standard InChI is InChI=1S/C13H22N2O3S/c1-3-12(8-9-16)15-10(2)11-4-6-13(7-5-11)19(14,17)18/h4-7,10,12,15-16H,3,8-9H2,1-2H3,(H2,14,17,18). The molecule has 2 unspecified atom stereocenters. The van der Waals surface area contributed by atoms with Crippen molar-refractivity contribution in [1.29, 1.82) is 0 Å². The third-order valence-electron chi connectivity index (χ3n) is 3.16. The van der Waals surface area contributed by atoms with Crippen LogP contribution in [-0.2, 0) is 10.0 Å². The van der Waals surface area contributed by atoms with Gasteiger partial charge in [0, 0.05) is 18.7 Å². The molecule has 0 radical (unpaired) electrons. The van der Waals surface area contributed by atoms with Crippen LogP contribution in [0.25, 0.3) is 0 Å². The quantitative estimate of drug-likeness (QED) is 0.701. The lowest BCUT2D eigenvalue weighted by atomic mass is 10.1. The third-order valence-corrected chi connectivity index (χ3v) is 4.09. The van der Waals surface area contributed by atoms with Gasteiger partial charge in [0.1, 0.15) is 0 Å². The molecule has 2 atom stereocenters. The Kier molecular flexibility index (Phi) is 5.93. The van der Waals surface area contributed by atoms with E-state index >= 15 is 0 Å². The van der Waals surface area contributed by atoms with E-state index in [0.29, 0.717) is 6.42 Å². The van der Waals surface area contributed by atoms with Crippen molar-refractivity contribution in [3.63, 3.8) is 0 Å². The summed E-state index contributed by atoms with van der Waals surface area (Å²) < 4.78 is 22.3. The second kappa shape index (κ2) is 7.00. The normalized spacial score (nSPS) is 15.2. The first-order chi connectivity index (χ1) is 8.88. The summed E-state index contributed by atoms with van der Waals surface area (Å²) in [4.78, 5) is 0.117. The van der Waals surface area contributed by atoms with Crippen molar-refractivity contribution in [2.75, 3.05) is 6.61 Å². The van der Waals surface area contributed by atoms with E-state index in [2.05, 4.69) is 12.2 Å². The maximum absolute atomic E-state index is 11.2. The number of sulfonamides is 1. The minimum absolute atomic E-state index is 0.0889. The molecule has 0 saturated carbocycles. The van der Waals surface area contributed by atoms with Crippen LogP contribution in [0.3, 0.4) is 0 Å². The van der Waals surface area contributed by atoms with Gasteiger partial charge in [0.15, 0.2) is 0 Å². The van der Waals surface area contributed by atoms with Crippen LogP contribution in [0.15, 0.2) is 29.2 Å². The van der Waals surface area contributed by atoms with Gasteiger partial charge in [-0.25, -0.2) is 13.6 Å². The van der Waals surface area contributed by atoms with Crippen molar-refractivity contribution in [1.82, 2.24) is 5.32 Å². The first-order valence-electron chi connectivity index (χ1n) is 6.38. The molecule has 0 saturated heterocycles. The molecule has 0 amide bonds. The fourth-order valence-corrected chi connectivity index (χ4v) is 2.47. The maximum atomic E-state index is 11.2. The molecular weight excluding hydrogens is 264 g/mol. The average molecular weight is 286 g/mol. The van der Waals surface area contributed by atoms with Crippen molar-refractivity contribution in [3.8, 4) is 0 Å². The lowest BCUT2D eigenvalue weighted by molar-refractivity contribution is 0.257. The predicted molar refractivity (Wildman–Crippen MR) is 75.1 cm³/mol. The summed E-state index contributed by atoms with van der Waals surface area (Å²) in [6, 6.07) is 6.86. The molecule has 19 heavy (non-hydrogen) atoms. The summed E-state index contributed by atoms with van der Waals surface area (Å²) >= 11 is 0. The SMILES string of the molecule is CCC(CCO)NC(C)c1ccc(S(N)(=O)=O)cc1. The highest BCUT2D eigenvalue weighted by atomic mass is 32.2. The summed E-state index contributed by atoms with van der Waals surface area (Å²) in [6.07, 6.45) is 1.64. The van der Waals surface area contributed by atoms with Crippen molar-refractivity contribution >= 4 is 10.0 Å². The van der Waals surface area contributed by atoms with E-state index in [9.17, 15) is 8.42 Å². The molecule has 0 aliphatic carbocycles. The largest absolute Gasteiger partial charge is 0.396 e. The fraction of sp³-hybridized carbons (Fsp3) is 0.538. The Morgan fingerprint density at radius 2 is 1.89 bits per heavy atom. The van der Waals surface area contributed by atoms with E-state index < -0.39 is 10.0 Å². The lowest BCUT2D eigenvalue weighted by Gasteiger charge is -2.22. The van der Waals surface area contributed by atoms with Crippen molar-refractivity contribution in [3.05, 3.63) is 29.8 Å². The monoisotopic (exact) mass is 286 g/mol. The number of nitrogens with one attached hydrogen (secondary N) is 1. The molecule has 0 aliphatic rings. The van der Waals surface area contributed by atoms with Crippen LogP contribution in [0.5, 0.6) is 0 Å². The van der Waals surface area contributed by atoms with Gasteiger partial charge < -0.3 is 10.4 Å². The fourth-order valence-electron chi connectivity index (χ4n) is 1.96. The van der Waals surface area contributed by atoms with Gasteiger partial charge in [-0.2, -0.15) is 0 Å². The highest BCUT2D eigenvalue weighted by Crippen LogP contribution is 2.17. The summed E-state index contributed by atoms with van der Waals surface area (Å²) in [6.45, 7) is 4.22. The molecule has 1 aromatic carbocycles. The number of hydrogen-bond acceptors (Lipinski definition) is 4. The van der Waals surface area contributed by atoms with Crippen LogP contribution < -0.4 is 10.5 Å². The number of hydrogen-bond donors (Lipinski definition) is 3. The van der Waals surface area contributed by atoms with E-state index in [4.69, 9.17) is 10.2 Å². The zero-order chi connectivity index (χ0) is 14.5. The highest BCUT2D eigenvalue weighted by molar-refractivity contribution is 7.89. The molecule has 0 bridgehead atoms. The molecule has 5 nitrogen and oxygen atoms in total. The minimum atomic E-state index is -3.64. The van der Waals surface area contributed by atoms with Crippen LogP contribution in [-0.4, -0.2) is 26.2 Å².